The number of piperazine rings is 1. The highest BCUT2D eigenvalue weighted by Gasteiger charge is 2.21. The number of hydrogen-bond donors (Lipinski definition) is 1. The van der Waals surface area contributed by atoms with E-state index in [0.29, 0.717) is 28.7 Å². The summed E-state index contributed by atoms with van der Waals surface area (Å²) in [5, 5.41) is 3.10. The van der Waals surface area contributed by atoms with Crippen LogP contribution >= 0.6 is 0 Å². The molecule has 0 bridgehead atoms. The molecule has 0 unspecified atom stereocenters. The number of nitrogens with zero attached hydrogens (tertiary/aromatic N) is 4. The first-order valence-corrected chi connectivity index (χ1v) is 8.97. The first kappa shape index (κ1) is 18.9. The number of carbonyl (C=O) groups excluding carboxylic acids is 1. The van der Waals surface area contributed by atoms with Crippen molar-refractivity contribution in [1.82, 2.24) is 19.8 Å². The van der Waals surface area contributed by atoms with Crippen LogP contribution in [-0.2, 0) is 0 Å². The number of aromatic nitrogens is 2. The molecule has 1 N–H and O–H groups in total. The molecular formula is C19H25N5O3. The molecule has 27 heavy (non-hydrogen) atoms. The summed E-state index contributed by atoms with van der Waals surface area (Å²) in [6.07, 6.45) is 3.10. The van der Waals surface area contributed by atoms with Crippen molar-refractivity contribution in [2.24, 2.45) is 0 Å². The van der Waals surface area contributed by atoms with Crippen molar-refractivity contribution in [2.75, 3.05) is 52.3 Å². The highest BCUT2D eigenvalue weighted by Crippen LogP contribution is 2.30. The van der Waals surface area contributed by atoms with Gasteiger partial charge in [-0.3, -0.25) is 4.79 Å². The van der Waals surface area contributed by atoms with Crippen molar-refractivity contribution in [1.29, 1.82) is 0 Å². The summed E-state index contributed by atoms with van der Waals surface area (Å²) < 4.78 is 10.6. The minimum absolute atomic E-state index is 0.0312. The van der Waals surface area contributed by atoms with Crippen LogP contribution in [0, 0.1) is 0 Å². The minimum Gasteiger partial charge on any atom is -0.497 e. The Labute approximate surface area is 159 Å². The van der Waals surface area contributed by atoms with Gasteiger partial charge >= 0.3 is 0 Å². The van der Waals surface area contributed by atoms with E-state index in [1.807, 2.05) is 11.0 Å². The number of methoxy groups -OCH3 is 2. The quantitative estimate of drug-likeness (QED) is 0.832. The zero-order valence-corrected chi connectivity index (χ0v) is 15.9. The molecule has 1 amide bonds. The predicted molar refractivity (Wildman–Crippen MR) is 103 cm³/mol. The first-order valence-electron chi connectivity index (χ1n) is 8.97. The van der Waals surface area contributed by atoms with Crippen LogP contribution in [-0.4, -0.2) is 72.6 Å². The van der Waals surface area contributed by atoms with E-state index in [9.17, 15) is 4.79 Å². The van der Waals surface area contributed by atoms with E-state index in [1.165, 1.54) is 0 Å². The Kier molecular flexibility index (Phi) is 6.08. The van der Waals surface area contributed by atoms with Gasteiger partial charge < -0.3 is 24.6 Å². The molecule has 1 fully saturated rings. The molecule has 0 atom stereocenters. The molecular weight excluding hydrogens is 346 g/mol. The molecule has 0 radical (unpaired) electrons. The number of nitrogens with one attached hydrogen (secondary N) is 1. The van der Waals surface area contributed by atoms with Gasteiger partial charge in [0.1, 0.15) is 11.5 Å². The van der Waals surface area contributed by atoms with Crippen LogP contribution in [0.15, 0.2) is 30.6 Å². The van der Waals surface area contributed by atoms with Crippen LogP contribution in [0.3, 0.4) is 0 Å². The van der Waals surface area contributed by atoms with Gasteiger partial charge in [-0.15, -0.1) is 0 Å². The second kappa shape index (κ2) is 8.68. The Bertz CT molecular complexity index is 773. The second-order valence-corrected chi connectivity index (χ2v) is 6.21. The molecule has 0 saturated carbocycles. The second-order valence-electron chi connectivity index (χ2n) is 6.21. The lowest BCUT2D eigenvalue weighted by Crippen LogP contribution is -2.48. The Morgan fingerprint density at radius 2 is 1.81 bits per heavy atom. The Balaban J connectivity index is 1.68. The number of likely N-dealkylation sites (N-methyl/N-ethyl adjacent to an activating group) is 1. The first-order chi connectivity index (χ1) is 13.1. The van der Waals surface area contributed by atoms with Crippen LogP contribution in [0.1, 0.15) is 17.3 Å². The standard InChI is InChI=1S/C19H25N5O3/c1-4-23-7-9-24(10-8-23)18(25)14-12-20-19(21-13-14)22-16-11-15(26-2)5-6-17(16)27-3/h5-6,11-13H,4,7-10H2,1-3H3,(H,20,21,22). The molecule has 1 saturated heterocycles. The highest BCUT2D eigenvalue weighted by molar-refractivity contribution is 5.93. The minimum atomic E-state index is -0.0312. The lowest BCUT2D eigenvalue weighted by atomic mass is 10.2. The maximum atomic E-state index is 12.6. The Morgan fingerprint density at radius 3 is 2.41 bits per heavy atom. The van der Waals surface area contributed by atoms with Gasteiger partial charge in [-0.1, -0.05) is 6.92 Å². The van der Waals surface area contributed by atoms with Crippen LogP contribution in [0.2, 0.25) is 0 Å². The lowest BCUT2D eigenvalue weighted by Gasteiger charge is -2.33. The Hall–Kier alpha value is -2.87. The zero-order chi connectivity index (χ0) is 19.2. The van der Waals surface area contributed by atoms with Crippen molar-refractivity contribution in [3.63, 3.8) is 0 Å². The molecule has 1 aromatic carbocycles. The van der Waals surface area contributed by atoms with E-state index in [1.54, 1.807) is 38.7 Å². The summed E-state index contributed by atoms with van der Waals surface area (Å²) in [5.41, 5.74) is 1.18. The lowest BCUT2D eigenvalue weighted by molar-refractivity contribution is 0.0642. The van der Waals surface area contributed by atoms with Crippen molar-refractivity contribution in [3.05, 3.63) is 36.2 Å². The largest absolute Gasteiger partial charge is 0.497 e. The zero-order valence-electron chi connectivity index (χ0n) is 15.9. The number of benzene rings is 1. The molecule has 3 rings (SSSR count). The third-order valence-corrected chi connectivity index (χ3v) is 4.66. The number of ether oxygens (including phenoxy) is 2. The molecule has 0 spiro atoms. The van der Waals surface area contributed by atoms with Crippen LogP contribution in [0.25, 0.3) is 0 Å². The van der Waals surface area contributed by atoms with Crippen LogP contribution in [0.4, 0.5) is 11.6 Å². The fraction of sp³-hybridized carbons (Fsp3) is 0.421. The number of hydrogen-bond acceptors (Lipinski definition) is 7. The van der Waals surface area contributed by atoms with Gasteiger partial charge in [0.15, 0.2) is 0 Å². The Morgan fingerprint density at radius 1 is 1.11 bits per heavy atom. The molecule has 0 aliphatic carbocycles. The van der Waals surface area contributed by atoms with E-state index in [-0.39, 0.29) is 5.91 Å². The monoisotopic (exact) mass is 371 g/mol. The van der Waals surface area contributed by atoms with Crippen molar-refractivity contribution >= 4 is 17.5 Å². The van der Waals surface area contributed by atoms with Gasteiger partial charge in [0.2, 0.25) is 5.95 Å². The van der Waals surface area contributed by atoms with Crippen molar-refractivity contribution < 1.29 is 14.3 Å². The van der Waals surface area contributed by atoms with Gasteiger partial charge in [0.25, 0.3) is 5.91 Å². The van der Waals surface area contributed by atoms with Gasteiger partial charge in [0.05, 0.1) is 25.5 Å². The number of amides is 1. The third-order valence-electron chi connectivity index (χ3n) is 4.66. The van der Waals surface area contributed by atoms with E-state index >= 15 is 0 Å². The van der Waals surface area contributed by atoms with Gasteiger partial charge in [-0.2, -0.15) is 0 Å². The predicted octanol–water partition coefficient (Wildman–Crippen LogP) is 2.02. The third kappa shape index (κ3) is 4.46. The summed E-state index contributed by atoms with van der Waals surface area (Å²) in [6, 6.07) is 5.41. The fourth-order valence-corrected chi connectivity index (χ4v) is 2.98. The van der Waals surface area contributed by atoms with E-state index < -0.39 is 0 Å². The molecule has 8 nitrogen and oxygen atoms in total. The average molecular weight is 371 g/mol. The molecule has 144 valence electrons. The molecule has 1 aliphatic rings. The van der Waals surface area contributed by atoms with E-state index in [4.69, 9.17) is 9.47 Å². The number of carbonyl (C=O) groups is 1. The molecule has 1 aliphatic heterocycles. The molecule has 1 aromatic heterocycles. The average Bonchev–Trinajstić information content (AvgIpc) is 2.73. The summed E-state index contributed by atoms with van der Waals surface area (Å²) in [4.78, 5) is 25.3. The normalized spacial score (nSPS) is 14.7. The summed E-state index contributed by atoms with van der Waals surface area (Å²) in [5.74, 6) is 1.69. The molecule has 8 heteroatoms. The van der Waals surface area contributed by atoms with Gasteiger partial charge in [-0.25, -0.2) is 9.97 Å². The summed E-state index contributed by atoms with van der Waals surface area (Å²) in [7, 11) is 3.19. The highest BCUT2D eigenvalue weighted by atomic mass is 16.5. The van der Waals surface area contributed by atoms with Gasteiger partial charge in [-0.05, 0) is 18.7 Å². The van der Waals surface area contributed by atoms with Crippen LogP contribution < -0.4 is 14.8 Å². The molecule has 2 heterocycles. The van der Waals surface area contributed by atoms with Crippen molar-refractivity contribution in [3.8, 4) is 11.5 Å². The summed E-state index contributed by atoms with van der Waals surface area (Å²) >= 11 is 0. The maximum Gasteiger partial charge on any atom is 0.257 e. The van der Waals surface area contributed by atoms with Crippen molar-refractivity contribution in [2.45, 2.75) is 6.92 Å². The SMILES string of the molecule is CCN1CCN(C(=O)c2cnc(Nc3cc(OC)ccc3OC)nc2)CC1. The van der Waals surface area contributed by atoms with E-state index in [2.05, 4.69) is 27.1 Å². The van der Waals surface area contributed by atoms with E-state index in [0.717, 1.165) is 32.7 Å². The van der Waals surface area contributed by atoms with Crippen LogP contribution in [0.5, 0.6) is 11.5 Å². The number of rotatable bonds is 6. The summed E-state index contributed by atoms with van der Waals surface area (Å²) in [6.45, 7) is 6.41. The number of anilines is 2. The fourth-order valence-electron chi connectivity index (χ4n) is 2.98. The smallest absolute Gasteiger partial charge is 0.257 e. The topological polar surface area (TPSA) is 79.8 Å². The van der Waals surface area contributed by atoms with Gasteiger partial charge in [0, 0.05) is 44.6 Å². The molecule has 2 aromatic rings. The maximum absolute atomic E-state index is 12.6.